The lowest BCUT2D eigenvalue weighted by atomic mass is 10.1. The van der Waals surface area contributed by atoms with Gasteiger partial charge < -0.3 is 9.15 Å². The first-order chi connectivity index (χ1) is 11.9. The van der Waals surface area contributed by atoms with Crippen LogP contribution in [0, 0.1) is 5.92 Å². The number of hydrogen-bond acceptors (Lipinski definition) is 6. The molecule has 25 heavy (non-hydrogen) atoms. The third-order valence-electron chi connectivity index (χ3n) is 4.10. The minimum Gasteiger partial charge on any atom is -0.450 e. The predicted octanol–water partition coefficient (Wildman–Crippen LogP) is 0.775. The molecule has 2 amide bonds. The first-order valence-corrected chi connectivity index (χ1v) is 9.53. The molecule has 9 heteroatoms. The van der Waals surface area contributed by atoms with Gasteiger partial charge >= 0.3 is 5.91 Å². The molecule has 0 bridgehead atoms. The summed E-state index contributed by atoms with van der Waals surface area (Å²) in [6, 6.07) is 7.15. The number of hydrogen-bond donors (Lipinski definition) is 2. The minimum atomic E-state index is -3.17. The molecule has 1 aromatic heterocycles. The Labute approximate surface area is 144 Å². The van der Waals surface area contributed by atoms with E-state index >= 15 is 0 Å². The molecule has 1 atom stereocenters. The topological polar surface area (TPSA) is 115 Å². The van der Waals surface area contributed by atoms with E-state index in [9.17, 15) is 18.0 Å². The molecule has 2 aromatic rings. The van der Waals surface area contributed by atoms with E-state index in [1.54, 1.807) is 12.1 Å². The Morgan fingerprint density at radius 1 is 1.28 bits per heavy atom. The molecule has 2 heterocycles. The molecule has 1 fully saturated rings. The van der Waals surface area contributed by atoms with Crippen LogP contribution in [0.4, 0.5) is 0 Å². The molecule has 2 N–H and O–H groups in total. The van der Waals surface area contributed by atoms with E-state index < -0.39 is 27.6 Å². The van der Waals surface area contributed by atoms with Crippen molar-refractivity contribution in [1.82, 2.24) is 10.9 Å². The van der Waals surface area contributed by atoms with Gasteiger partial charge in [-0.15, -0.1) is 0 Å². The molecular formula is C16H18N2O6S. The summed E-state index contributed by atoms with van der Waals surface area (Å²) in [7, 11) is -1.67. The lowest BCUT2D eigenvalue weighted by molar-refractivity contribution is -0.125. The van der Waals surface area contributed by atoms with E-state index in [1.807, 2.05) is 12.1 Å². The molecule has 3 rings (SSSR count). The molecular weight excluding hydrogens is 348 g/mol. The fraction of sp³-hybridized carbons (Fsp3) is 0.375. The van der Waals surface area contributed by atoms with Crippen LogP contribution in [0.5, 0.6) is 0 Å². The Bertz CT molecular complexity index is 918. The van der Waals surface area contributed by atoms with Gasteiger partial charge in [-0.1, -0.05) is 18.2 Å². The fourth-order valence-corrected chi connectivity index (χ4v) is 4.59. The number of para-hydroxylation sites is 1. The molecule has 1 aliphatic heterocycles. The van der Waals surface area contributed by atoms with Crippen molar-refractivity contribution in [3.8, 4) is 0 Å². The van der Waals surface area contributed by atoms with Crippen molar-refractivity contribution in [2.24, 2.45) is 5.92 Å². The molecule has 1 aromatic carbocycles. The zero-order chi connectivity index (χ0) is 18.0. The molecule has 134 valence electrons. The lowest BCUT2D eigenvalue weighted by Gasteiger charge is -2.10. The first kappa shape index (κ1) is 17.4. The summed E-state index contributed by atoms with van der Waals surface area (Å²) < 4.78 is 33.5. The van der Waals surface area contributed by atoms with Gasteiger partial charge in [-0.3, -0.25) is 20.4 Å². The quantitative estimate of drug-likeness (QED) is 0.773. The Morgan fingerprint density at radius 2 is 2.04 bits per heavy atom. The zero-order valence-electron chi connectivity index (χ0n) is 13.6. The summed E-state index contributed by atoms with van der Waals surface area (Å²) in [6.07, 6.45) is 0.254. The second-order valence-electron chi connectivity index (χ2n) is 5.88. The number of amides is 2. The van der Waals surface area contributed by atoms with E-state index in [2.05, 4.69) is 10.9 Å². The maximum atomic E-state index is 12.4. The largest absolute Gasteiger partial charge is 0.450 e. The number of rotatable bonds is 4. The lowest BCUT2D eigenvalue weighted by Crippen LogP contribution is -2.45. The van der Waals surface area contributed by atoms with E-state index in [-0.39, 0.29) is 30.3 Å². The maximum absolute atomic E-state index is 12.4. The molecule has 1 aliphatic rings. The smallest absolute Gasteiger partial charge is 0.305 e. The van der Waals surface area contributed by atoms with Crippen LogP contribution in [0.15, 0.2) is 28.7 Å². The van der Waals surface area contributed by atoms with E-state index in [0.29, 0.717) is 11.1 Å². The Morgan fingerprint density at radius 3 is 2.72 bits per heavy atom. The number of carbonyl (C=O) groups is 2. The number of methoxy groups -OCH3 is 1. The average Bonchev–Trinajstić information content (AvgIpc) is 3.13. The van der Waals surface area contributed by atoms with Crippen molar-refractivity contribution in [2.45, 2.75) is 13.0 Å². The van der Waals surface area contributed by atoms with Crippen LogP contribution >= 0.6 is 0 Å². The molecule has 0 saturated carbocycles. The summed E-state index contributed by atoms with van der Waals surface area (Å²) >= 11 is 0. The summed E-state index contributed by atoms with van der Waals surface area (Å²) in [6.45, 7) is 0.175. The van der Waals surface area contributed by atoms with Crippen molar-refractivity contribution >= 4 is 32.6 Å². The van der Waals surface area contributed by atoms with Gasteiger partial charge in [0.05, 0.1) is 24.0 Å². The van der Waals surface area contributed by atoms with Gasteiger partial charge in [-0.25, -0.2) is 8.42 Å². The van der Waals surface area contributed by atoms with Crippen molar-refractivity contribution in [2.75, 3.05) is 18.6 Å². The highest BCUT2D eigenvalue weighted by Crippen LogP contribution is 2.26. The third-order valence-corrected chi connectivity index (χ3v) is 5.86. The summed E-state index contributed by atoms with van der Waals surface area (Å²) in [5.74, 6) is -1.98. The second kappa shape index (κ2) is 6.85. The summed E-state index contributed by atoms with van der Waals surface area (Å²) in [5, 5.41) is 0.753. The second-order valence-corrected chi connectivity index (χ2v) is 8.11. The molecule has 1 saturated heterocycles. The van der Waals surface area contributed by atoms with Crippen molar-refractivity contribution < 1.29 is 27.2 Å². The van der Waals surface area contributed by atoms with E-state index in [1.165, 1.54) is 7.11 Å². The Hall–Kier alpha value is -2.39. The van der Waals surface area contributed by atoms with Crippen LogP contribution in [0.2, 0.25) is 0 Å². The van der Waals surface area contributed by atoms with Gasteiger partial charge in [-0.2, -0.15) is 0 Å². The van der Waals surface area contributed by atoms with Crippen molar-refractivity contribution in [3.63, 3.8) is 0 Å². The minimum absolute atomic E-state index is 0.0133. The zero-order valence-corrected chi connectivity index (χ0v) is 14.4. The highest BCUT2D eigenvalue weighted by atomic mass is 32.2. The third kappa shape index (κ3) is 3.67. The Kier molecular flexibility index (Phi) is 4.78. The van der Waals surface area contributed by atoms with Gasteiger partial charge in [0.1, 0.15) is 5.58 Å². The molecule has 0 unspecified atom stereocenters. The Balaban J connectivity index is 1.72. The van der Waals surface area contributed by atoms with Crippen molar-refractivity contribution in [3.05, 3.63) is 35.6 Å². The molecule has 0 aliphatic carbocycles. The maximum Gasteiger partial charge on any atom is 0.305 e. The molecule has 0 radical (unpaired) electrons. The summed E-state index contributed by atoms with van der Waals surface area (Å²) in [5.41, 5.74) is 5.66. The number of carbonyl (C=O) groups excluding carboxylic acids is 2. The first-order valence-electron chi connectivity index (χ1n) is 7.71. The molecule has 0 spiro atoms. The van der Waals surface area contributed by atoms with Crippen LogP contribution in [-0.2, 0) is 26.0 Å². The van der Waals surface area contributed by atoms with Gasteiger partial charge in [0.2, 0.25) is 5.91 Å². The van der Waals surface area contributed by atoms with E-state index in [0.717, 1.165) is 5.39 Å². The van der Waals surface area contributed by atoms with Crippen LogP contribution in [0.3, 0.4) is 0 Å². The number of benzene rings is 1. The van der Waals surface area contributed by atoms with Crippen LogP contribution in [0.1, 0.15) is 22.5 Å². The number of ether oxygens (including phenoxy) is 1. The predicted molar refractivity (Wildman–Crippen MR) is 89.3 cm³/mol. The normalized spacial score (nSPS) is 19.0. The highest BCUT2D eigenvalue weighted by Gasteiger charge is 2.33. The van der Waals surface area contributed by atoms with Gasteiger partial charge in [0.25, 0.3) is 0 Å². The summed E-state index contributed by atoms with van der Waals surface area (Å²) in [4.78, 5) is 24.4. The van der Waals surface area contributed by atoms with Crippen LogP contribution in [-0.4, -0.2) is 38.8 Å². The number of hydrazine groups is 1. The van der Waals surface area contributed by atoms with Gasteiger partial charge in [0, 0.05) is 18.1 Å². The fourth-order valence-electron chi connectivity index (χ4n) is 2.85. The SMILES string of the molecule is COCc1c(C(=O)NNC(=O)[C@H]2CCS(=O)(=O)C2)oc2ccccc12. The van der Waals surface area contributed by atoms with E-state index in [4.69, 9.17) is 9.15 Å². The standard InChI is InChI=1S/C16H18N2O6S/c1-23-8-12-11-4-2-3-5-13(11)24-14(12)16(20)18-17-15(19)10-6-7-25(21,22)9-10/h2-5,10H,6-9H2,1H3,(H,17,19)(H,18,20)/t10-/m0/s1. The highest BCUT2D eigenvalue weighted by molar-refractivity contribution is 7.91. The molecule has 8 nitrogen and oxygen atoms in total. The van der Waals surface area contributed by atoms with Crippen LogP contribution in [0.25, 0.3) is 11.0 Å². The van der Waals surface area contributed by atoms with Crippen molar-refractivity contribution in [1.29, 1.82) is 0 Å². The number of sulfone groups is 1. The number of fused-ring (bicyclic) bond motifs is 1. The number of nitrogens with one attached hydrogen (secondary N) is 2. The number of furan rings is 1. The monoisotopic (exact) mass is 366 g/mol. The van der Waals surface area contributed by atoms with Gasteiger partial charge in [0.15, 0.2) is 15.6 Å². The van der Waals surface area contributed by atoms with Gasteiger partial charge in [-0.05, 0) is 12.5 Å². The van der Waals surface area contributed by atoms with Crippen LogP contribution < -0.4 is 10.9 Å². The average molecular weight is 366 g/mol.